The van der Waals surface area contributed by atoms with Gasteiger partial charge in [0.1, 0.15) is 6.10 Å². The summed E-state index contributed by atoms with van der Waals surface area (Å²) in [6.07, 6.45) is 5.23. The molecule has 28 heavy (non-hydrogen) atoms. The van der Waals surface area contributed by atoms with Crippen LogP contribution >= 0.6 is 0 Å². The second-order valence-corrected chi connectivity index (χ2v) is 7.28. The molecule has 3 rings (SSSR count). The largest absolute Gasteiger partial charge is 0.457 e. The van der Waals surface area contributed by atoms with E-state index in [1.165, 1.54) is 6.92 Å². The second kappa shape index (κ2) is 8.19. The van der Waals surface area contributed by atoms with Crippen LogP contribution in [0.3, 0.4) is 0 Å². The Kier molecular flexibility index (Phi) is 5.89. The van der Waals surface area contributed by atoms with Crippen LogP contribution in [0, 0.1) is 11.3 Å². The number of ketones is 1. The minimum Gasteiger partial charge on any atom is -0.457 e. The van der Waals surface area contributed by atoms with Crippen LogP contribution in [0.1, 0.15) is 38.4 Å². The number of hydrogen-bond acceptors (Lipinski definition) is 6. The molecule has 0 radical (unpaired) electrons. The van der Waals surface area contributed by atoms with Gasteiger partial charge in [-0.15, -0.1) is 6.58 Å². The summed E-state index contributed by atoms with van der Waals surface area (Å²) in [6, 6.07) is 5.45. The number of fused-ring (bicyclic) bond motifs is 1. The third kappa shape index (κ3) is 3.69. The third-order valence-corrected chi connectivity index (χ3v) is 5.67. The van der Waals surface area contributed by atoms with Crippen LogP contribution < -0.4 is 9.47 Å². The van der Waals surface area contributed by atoms with Gasteiger partial charge >= 0.3 is 5.97 Å². The van der Waals surface area contributed by atoms with Gasteiger partial charge in [0, 0.05) is 25.4 Å². The zero-order valence-electron chi connectivity index (χ0n) is 16.5. The second-order valence-electron chi connectivity index (χ2n) is 7.28. The van der Waals surface area contributed by atoms with Crippen molar-refractivity contribution in [3.63, 3.8) is 0 Å². The SMILES string of the molecule is C=CCC1(C(C)C(OC(C)=O)c2ccc3c(c2)OCO3)CC(OC)C=CC1=O. The molecule has 0 amide bonds. The van der Waals surface area contributed by atoms with E-state index in [9.17, 15) is 9.59 Å². The highest BCUT2D eigenvalue weighted by Gasteiger charge is 2.48. The molecule has 2 aliphatic rings. The first-order valence-electron chi connectivity index (χ1n) is 9.34. The minimum atomic E-state index is -0.784. The van der Waals surface area contributed by atoms with Crippen LogP contribution in [-0.2, 0) is 19.1 Å². The summed E-state index contributed by atoms with van der Waals surface area (Å²) < 4.78 is 22.1. The molecule has 1 aromatic rings. The Hall–Kier alpha value is -2.60. The van der Waals surface area contributed by atoms with Gasteiger partial charge in [-0.1, -0.05) is 25.1 Å². The molecule has 6 heteroatoms. The molecule has 1 aliphatic heterocycles. The van der Waals surface area contributed by atoms with Crippen molar-refractivity contribution >= 4 is 11.8 Å². The van der Waals surface area contributed by atoms with E-state index in [0.29, 0.717) is 24.3 Å². The molecule has 0 bridgehead atoms. The Balaban J connectivity index is 2.02. The van der Waals surface area contributed by atoms with E-state index in [1.54, 1.807) is 31.4 Å². The summed E-state index contributed by atoms with van der Waals surface area (Å²) in [6.45, 7) is 7.31. The van der Waals surface area contributed by atoms with E-state index < -0.39 is 17.5 Å². The molecule has 6 nitrogen and oxygen atoms in total. The number of ether oxygens (including phenoxy) is 4. The van der Waals surface area contributed by atoms with Gasteiger partial charge in [0.05, 0.1) is 6.10 Å². The zero-order chi connectivity index (χ0) is 20.3. The summed E-state index contributed by atoms with van der Waals surface area (Å²) in [5.41, 5.74) is -0.0279. The monoisotopic (exact) mass is 386 g/mol. The molecule has 0 aromatic heterocycles. The number of methoxy groups -OCH3 is 1. The van der Waals surface area contributed by atoms with Crippen molar-refractivity contribution in [1.82, 2.24) is 0 Å². The van der Waals surface area contributed by atoms with Crippen LogP contribution in [0.5, 0.6) is 11.5 Å². The van der Waals surface area contributed by atoms with Crippen LogP contribution in [0.15, 0.2) is 43.0 Å². The Bertz CT molecular complexity index is 798. The number of esters is 1. The summed E-state index contributed by atoms with van der Waals surface area (Å²) in [5, 5.41) is 0. The smallest absolute Gasteiger partial charge is 0.303 e. The molecular formula is C22H26O6. The standard InChI is InChI=1S/C22H26O6/c1-5-10-22(12-17(25-4)7-9-20(22)24)14(2)21(28-15(3)23)16-6-8-18-19(11-16)27-13-26-18/h5-9,11,14,17,21H,1,10,12-13H2,2-4H3. The Morgan fingerprint density at radius 2 is 2.14 bits per heavy atom. The summed E-state index contributed by atoms with van der Waals surface area (Å²) in [4.78, 5) is 24.9. The van der Waals surface area contributed by atoms with Crippen molar-refractivity contribution < 1.29 is 28.5 Å². The average molecular weight is 386 g/mol. The van der Waals surface area contributed by atoms with Gasteiger partial charge < -0.3 is 18.9 Å². The van der Waals surface area contributed by atoms with E-state index in [4.69, 9.17) is 18.9 Å². The van der Waals surface area contributed by atoms with Crippen LogP contribution in [0.2, 0.25) is 0 Å². The first-order chi connectivity index (χ1) is 13.4. The first kappa shape index (κ1) is 20.1. The molecular weight excluding hydrogens is 360 g/mol. The van der Waals surface area contributed by atoms with Crippen LogP contribution in [-0.4, -0.2) is 31.8 Å². The maximum absolute atomic E-state index is 13.0. The Labute approximate surface area is 165 Å². The summed E-state index contributed by atoms with van der Waals surface area (Å²) in [7, 11) is 1.62. The molecule has 0 spiro atoms. The third-order valence-electron chi connectivity index (χ3n) is 5.67. The van der Waals surface area contributed by atoms with Gasteiger partial charge in [0.2, 0.25) is 6.79 Å². The lowest BCUT2D eigenvalue weighted by Crippen LogP contribution is -2.45. The predicted octanol–water partition coefficient (Wildman–Crippen LogP) is 3.76. The lowest BCUT2D eigenvalue weighted by atomic mass is 9.62. The van der Waals surface area contributed by atoms with E-state index >= 15 is 0 Å². The van der Waals surface area contributed by atoms with E-state index in [-0.39, 0.29) is 24.6 Å². The van der Waals surface area contributed by atoms with Crippen molar-refractivity contribution in [2.75, 3.05) is 13.9 Å². The molecule has 0 saturated heterocycles. The highest BCUT2D eigenvalue weighted by atomic mass is 16.7. The molecule has 4 atom stereocenters. The fraction of sp³-hybridized carbons (Fsp3) is 0.455. The Morgan fingerprint density at radius 1 is 1.39 bits per heavy atom. The van der Waals surface area contributed by atoms with Crippen molar-refractivity contribution in [1.29, 1.82) is 0 Å². The van der Waals surface area contributed by atoms with Gasteiger partial charge in [0.25, 0.3) is 0 Å². The fourth-order valence-electron chi connectivity index (χ4n) is 4.11. The number of carbonyl (C=O) groups excluding carboxylic acids is 2. The molecule has 0 fully saturated rings. The summed E-state index contributed by atoms with van der Waals surface area (Å²) >= 11 is 0. The van der Waals surface area contributed by atoms with Crippen molar-refractivity contribution in [2.24, 2.45) is 11.3 Å². The maximum atomic E-state index is 13.0. The quantitative estimate of drug-likeness (QED) is 0.525. The average Bonchev–Trinajstić information content (AvgIpc) is 3.15. The van der Waals surface area contributed by atoms with Gasteiger partial charge in [0.15, 0.2) is 17.3 Å². The van der Waals surface area contributed by atoms with E-state index in [0.717, 1.165) is 5.56 Å². The molecule has 0 N–H and O–H groups in total. The normalized spacial score (nSPS) is 25.2. The molecule has 4 unspecified atom stereocenters. The summed E-state index contributed by atoms with van der Waals surface area (Å²) in [5.74, 6) is 0.514. The molecule has 150 valence electrons. The maximum Gasteiger partial charge on any atom is 0.303 e. The van der Waals surface area contributed by atoms with Crippen LogP contribution in [0.25, 0.3) is 0 Å². The van der Waals surface area contributed by atoms with Crippen LogP contribution in [0.4, 0.5) is 0 Å². The lowest BCUT2D eigenvalue weighted by molar-refractivity contribution is -0.156. The Morgan fingerprint density at radius 3 is 2.82 bits per heavy atom. The highest BCUT2D eigenvalue weighted by Crippen LogP contribution is 2.49. The number of hydrogen-bond donors (Lipinski definition) is 0. The first-order valence-corrected chi connectivity index (χ1v) is 9.34. The number of benzene rings is 1. The number of allylic oxidation sites excluding steroid dienone is 2. The number of carbonyl (C=O) groups is 2. The molecule has 1 aliphatic carbocycles. The van der Waals surface area contributed by atoms with Crippen molar-refractivity contribution in [2.45, 2.75) is 38.9 Å². The van der Waals surface area contributed by atoms with Crippen molar-refractivity contribution in [3.05, 3.63) is 48.6 Å². The predicted molar refractivity (Wildman–Crippen MR) is 103 cm³/mol. The van der Waals surface area contributed by atoms with Gasteiger partial charge in [-0.25, -0.2) is 0 Å². The van der Waals surface area contributed by atoms with Gasteiger partial charge in [-0.2, -0.15) is 0 Å². The molecule has 0 saturated carbocycles. The van der Waals surface area contributed by atoms with Crippen molar-refractivity contribution in [3.8, 4) is 11.5 Å². The zero-order valence-corrected chi connectivity index (χ0v) is 16.5. The van der Waals surface area contributed by atoms with Gasteiger partial charge in [-0.3, -0.25) is 9.59 Å². The lowest BCUT2D eigenvalue weighted by Gasteiger charge is -2.43. The van der Waals surface area contributed by atoms with E-state index in [2.05, 4.69) is 6.58 Å². The van der Waals surface area contributed by atoms with Gasteiger partial charge in [-0.05, 0) is 36.6 Å². The highest BCUT2D eigenvalue weighted by molar-refractivity contribution is 5.96. The molecule has 1 heterocycles. The number of rotatable bonds is 7. The minimum absolute atomic E-state index is 0.00825. The van der Waals surface area contributed by atoms with E-state index in [1.807, 2.05) is 19.1 Å². The molecule has 1 aromatic carbocycles. The topological polar surface area (TPSA) is 71.1 Å². The fourth-order valence-corrected chi connectivity index (χ4v) is 4.11.